The fraction of sp³-hybridized carbons (Fsp3) is 0.267. The molecule has 0 atom stereocenters. The first kappa shape index (κ1) is 18.6. The van der Waals surface area contributed by atoms with Crippen LogP contribution >= 0.6 is 27.7 Å². The number of aromatic nitrogens is 2. The quantitative estimate of drug-likeness (QED) is 0.557. The maximum atomic E-state index is 13.7. The second-order valence-corrected chi connectivity index (χ2v) is 6.69. The molecule has 0 unspecified atom stereocenters. The number of H-pyrrole nitrogens is 1. The van der Waals surface area contributed by atoms with Crippen LogP contribution in [-0.2, 0) is 11.2 Å². The Morgan fingerprint density at radius 3 is 2.79 bits per heavy atom. The van der Waals surface area contributed by atoms with E-state index >= 15 is 0 Å². The summed E-state index contributed by atoms with van der Waals surface area (Å²) in [5.74, 6) is -2.21. The van der Waals surface area contributed by atoms with Crippen LogP contribution in [0.1, 0.15) is 19.0 Å². The topological polar surface area (TPSA) is 74.8 Å². The van der Waals surface area contributed by atoms with Gasteiger partial charge in [0.05, 0.1) is 11.4 Å². The first-order valence-corrected chi connectivity index (χ1v) is 8.84. The molecule has 0 aliphatic carbocycles. The van der Waals surface area contributed by atoms with Gasteiger partial charge in [-0.1, -0.05) is 25.1 Å². The van der Waals surface area contributed by atoms with E-state index < -0.39 is 17.5 Å². The molecule has 1 aromatic heterocycles. The maximum Gasteiger partial charge on any atom is 0.251 e. The molecule has 0 radical (unpaired) electrons. The lowest BCUT2D eigenvalue weighted by Crippen LogP contribution is -2.17. The highest BCUT2D eigenvalue weighted by Gasteiger charge is 2.13. The SMILES string of the molecule is CCCc1cc(=O)[nH]c(SCC(=O)Nc2c(F)cc(F)cc2Br)n1. The molecule has 1 aromatic carbocycles. The molecular formula is C15H14BrF2N3O2S. The van der Waals surface area contributed by atoms with E-state index in [9.17, 15) is 18.4 Å². The van der Waals surface area contributed by atoms with Crippen LogP contribution < -0.4 is 10.9 Å². The first-order valence-electron chi connectivity index (χ1n) is 7.06. The predicted octanol–water partition coefficient (Wildman–Crippen LogP) is 3.49. The summed E-state index contributed by atoms with van der Waals surface area (Å²) in [7, 11) is 0. The van der Waals surface area contributed by atoms with E-state index in [2.05, 4.69) is 31.2 Å². The molecule has 1 amide bonds. The molecule has 0 bridgehead atoms. The Kier molecular flexibility index (Phi) is 6.50. The van der Waals surface area contributed by atoms with Crippen LogP contribution in [0, 0.1) is 11.6 Å². The number of aromatic amines is 1. The largest absolute Gasteiger partial charge is 0.322 e. The minimum atomic E-state index is -0.878. The number of hydrogen-bond acceptors (Lipinski definition) is 4. The van der Waals surface area contributed by atoms with E-state index in [4.69, 9.17) is 0 Å². The van der Waals surface area contributed by atoms with Gasteiger partial charge in [-0.05, 0) is 28.4 Å². The summed E-state index contributed by atoms with van der Waals surface area (Å²) in [6.45, 7) is 1.97. The number of nitrogens with zero attached hydrogens (tertiary/aromatic N) is 1. The Balaban J connectivity index is 2.03. The number of benzene rings is 1. The van der Waals surface area contributed by atoms with Crippen LogP contribution in [-0.4, -0.2) is 21.6 Å². The number of aryl methyl sites for hydroxylation is 1. The van der Waals surface area contributed by atoms with Gasteiger partial charge in [-0.25, -0.2) is 13.8 Å². The lowest BCUT2D eigenvalue weighted by atomic mass is 10.2. The molecule has 9 heteroatoms. The number of rotatable bonds is 6. The molecule has 0 spiro atoms. The van der Waals surface area contributed by atoms with Crippen molar-refractivity contribution in [1.29, 1.82) is 0 Å². The molecule has 0 saturated carbocycles. The number of anilines is 1. The van der Waals surface area contributed by atoms with E-state index in [1.54, 1.807) is 0 Å². The predicted molar refractivity (Wildman–Crippen MR) is 92.3 cm³/mol. The maximum absolute atomic E-state index is 13.7. The van der Waals surface area contributed by atoms with Crippen LogP contribution in [0.5, 0.6) is 0 Å². The Morgan fingerprint density at radius 2 is 2.12 bits per heavy atom. The number of halogens is 3. The van der Waals surface area contributed by atoms with Gasteiger partial charge in [0.2, 0.25) is 5.91 Å². The molecule has 1 heterocycles. The lowest BCUT2D eigenvalue weighted by Gasteiger charge is -2.09. The second-order valence-electron chi connectivity index (χ2n) is 4.87. The molecule has 2 rings (SSSR count). The summed E-state index contributed by atoms with van der Waals surface area (Å²) in [5.41, 5.74) is 0.225. The highest BCUT2D eigenvalue weighted by Crippen LogP contribution is 2.27. The molecule has 5 nitrogen and oxygen atoms in total. The summed E-state index contributed by atoms with van der Waals surface area (Å²) in [6, 6.07) is 3.15. The molecule has 24 heavy (non-hydrogen) atoms. The second kappa shape index (κ2) is 8.39. The monoisotopic (exact) mass is 417 g/mol. The Hall–Kier alpha value is -1.74. The minimum absolute atomic E-state index is 0.0816. The molecule has 0 aliphatic heterocycles. The number of hydrogen-bond donors (Lipinski definition) is 2. The average molecular weight is 418 g/mol. The van der Waals surface area contributed by atoms with Crippen LogP contribution in [0.15, 0.2) is 32.6 Å². The fourth-order valence-electron chi connectivity index (χ4n) is 1.91. The third-order valence-corrected chi connectivity index (χ3v) is 4.39. The number of thioether (sulfide) groups is 1. The van der Waals surface area contributed by atoms with E-state index in [-0.39, 0.29) is 21.5 Å². The Morgan fingerprint density at radius 1 is 1.38 bits per heavy atom. The van der Waals surface area contributed by atoms with Gasteiger partial charge in [0.25, 0.3) is 5.56 Å². The molecule has 0 aliphatic rings. The lowest BCUT2D eigenvalue weighted by molar-refractivity contribution is -0.113. The average Bonchev–Trinajstić information content (AvgIpc) is 2.48. The summed E-state index contributed by atoms with van der Waals surface area (Å²) in [4.78, 5) is 30.3. The third-order valence-electron chi connectivity index (χ3n) is 2.89. The van der Waals surface area contributed by atoms with Gasteiger partial charge in [0, 0.05) is 22.3 Å². The van der Waals surface area contributed by atoms with E-state index in [0.29, 0.717) is 23.3 Å². The molecular weight excluding hydrogens is 404 g/mol. The van der Waals surface area contributed by atoms with Crippen LogP contribution in [0.25, 0.3) is 0 Å². The summed E-state index contributed by atoms with van der Waals surface area (Å²) < 4.78 is 26.8. The normalized spacial score (nSPS) is 10.7. The van der Waals surface area contributed by atoms with Gasteiger partial charge >= 0.3 is 0 Å². The van der Waals surface area contributed by atoms with Crippen LogP contribution in [0.3, 0.4) is 0 Å². The molecule has 2 aromatic rings. The van der Waals surface area contributed by atoms with Gasteiger partial charge < -0.3 is 10.3 Å². The van der Waals surface area contributed by atoms with E-state index in [0.717, 1.165) is 24.2 Å². The van der Waals surface area contributed by atoms with Crippen molar-refractivity contribution in [3.05, 3.63) is 50.4 Å². The van der Waals surface area contributed by atoms with Crippen molar-refractivity contribution in [2.45, 2.75) is 24.9 Å². The number of nitrogens with one attached hydrogen (secondary N) is 2. The molecule has 0 saturated heterocycles. The number of amides is 1. The van der Waals surface area contributed by atoms with Crippen LogP contribution in [0.2, 0.25) is 0 Å². The van der Waals surface area contributed by atoms with Crippen molar-refractivity contribution in [2.75, 3.05) is 11.1 Å². The zero-order chi connectivity index (χ0) is 17.7. The van der Waals surface area contributed by atoms with Gasteiger partial charge in [0.1, 0.15) is 5.82 Å². The van der Waals surface area contributed by atoms with Crippen molar-refractivity contribution in [1.82, 2.24) is 9.97 Å². The summed E-state index contributed by atoms with van der Waals surface area (Å²) in [6.07, 6.45) is 1.51. The highest BCUT2D eigenvalue weighted by molar-refractivity contribution is 9.10. The molecule has 0 fully saturated rings. The third kappa shape index (κ3) is 5.13. The van der Waals surface area contributed by atoms with E-state index in [1.807, 2.05) is 6.92 Å². The van der Waals surface area contributed by atoms with Crippen molar-refractivity contribution >= 4 is 39.3 Å². The van der Waals surface area contributed by atoms with Gasteiger partial charge in [0.15, 0.2) is 11.0 Å². The molecule has 2 N–H and O–H groups in total. The Bertz CT molecular complexity index is 791. The first-order chi connectivity index (χ1) is 11.4. The van der Waals surface area contributed by atoms with Gasteiger partial charge in [-0.2, -0.15) is 0 Å². The summed E-state index contributed by atoms with van der Waals surface area (Å²) in [5, 5.41) is 2.68. The van der Waals surface area contributed by atoms with Crippen LogP contribution in [0.4, 0.5) is 14.5 Å². The van der Waals surface area contributed by atoms with Gasteiger partial charge in [-0.15, -0.1) is 0 Å². The van der Waals surface area contributed by atoms with Crippen molar-refractivity contribution in [2.24, 2.45) is 0 Å². The number of carbonyl (C=O) groups excluding carboxylic acids is 1. The van der Waals surface area contributed by atoms with Crippen molar-refractivity contribution in [3.8, 4) is 0 Å². The standard InChI is InChI=1S/C15H14BrF2N3O2S/c1-2-3-9-6-12(22)21-15(19-9)24-7-13(23)20-14-10(16)4-8(17)5-11(14)18/h4-6H,2-3,7H2,1H3,(H,20,23)(H,19,21,22). The minimum Gasteiger partial charge on any atom is -0.322 e. The smallest absolute Gasteiger partial charge is 0.251 e. The zero-order valence-electron chi connectivity index (χ0n) is 12.7. The van der Waals surface area contributed by atoms with Crippen molar-refractivity contribution in [3.63, 3.8) is 0 Å². The zero-order valence-corrected chi connectivity index (χ0v) is 15.1. The molecule has 128 valence electrons. The number of carbonyl (C=O) groups is 1. The van der Waals surface area contributed by atoms with Gasteiger partial charge in [-0.3, -0.25) is 9.59 Å². The van der Waals surface area contributed by atoms with Crippen molar-refractivity contribution < 1.29 is 13.6 Å². The fourth-order valence-corrected chi connectivity index (χ4v) is 3.11. The Labute approximate surface area is 149 Å². The summed E-state index contributed by atoms with van der Waals surface area (Å²) >= 11 is 4.02. The highest BCUT2D eigenvalue weighted by atomic mass is 79.9. The van der Waals surface area contributed by atoms with E-state index in [1.165, 1.54) is 6.07 Å².